The van der Waals surface area contributed by atoms with Gasteiger partial charge in [0.25, 0.3) is 0 Å². The second-order valence-electron chi connectivity index (χ2n) is 3.05. The lowest BCUT2D eigenvalue weighted by Crippen LogP contribution is -2.05. The molecule has 0 aliphatic carbocycles. The minimum absolute atomic E-state index is 0.141. The molecule has 0 saturated carbocycles. The van der Waals surface area contributed by atoms with Crippen molar-refractivity contribution in [3.8, 4) is 0 Å². The molecule has 0 unspecified atom stereocenters. The Labute approximate surface area is 82.3 Å². The molecule has 1 aromatic rings. The zero-order valence-electron chi connectivity index (χ0n) is 7.95. The molecule has 0 aromatic heterocycles. The first-order valence-electron chi connectivity index (χ1n) is 4.20. The van der Waals surface area contributed by atoms with Crippen LogP contribution in [0.15, 0.2) is 18.7 Å². The number of aromatic carboxylic acids is 1. The molecule has 14 heavy (non-hydrogen) atoms. The summed E-state index contributed by atoms with van der Waals surface area (Å²) < 4.78 is 0. The molecule has 0 atom stereocenters. The molecule has 1 aromatic carbocycles. The van der Waals surface area contributed by atoms with Gasteiger partial charge < -0.3 is 10.2 Å². The molecule has 0 bridgehead atoms. The maximum absolute atomic E-state index is 10.9. The normalized spacial score (nSPS) is 9.86. The first-order chi connectivity index (χ1) is 6.60. The summed E-state index contributed by atoms with van der Waals surface area (Å²) in [6.07, 6.45) is 1.55. The lowest BCUT2D eigenvalue weighted by atomic mass is 9.98. The van der Waals surface area contributed by atoms with Crippen molar-refractivity contribution < 1.29 is 15.0 Å². The fourth-order valence-electron chi connectivity index (χ4n) is 1.39. The van der Waals surface area contributed by atoms with Gasteiger partial charge in [0.2, 0.25) is 0 Å². The van der Waals surface area contributed by atoms with E-state index in [9.17, 15) is 4.79 Å². The minimum Gasteiger partial charge on any atom is -0.478 e. The minimum atomic E-state index is -1.03. The number of hydrogen-bond acceptors (Lipinski definition) is 2. The van der Waals surface area contributed by atoms with Crippen LogP contribution in [-0.4, -0.2) is 16.2 Å². The number of carboxylic acids is 1. The summed E-state index contributed by atoms with van der Waals surface area (Å²) in [4.78, 5) is 10.9. The fraction of sp³-hybridized carbons (Fsp3) is 0.182. The second-order valence-corrected chi connectivity index (χ2v) is 3.05. The van der Waals surface area contributed by atoms with Crippen LogP contribution in [0.3, 0.4) is 0 Å². The summed E-state index contributed by atoms with van der Waals surface area (Å²) in [7, 11) is 0. The highest BCUT2D eigenvalue weighted by Crippen LogP contribution is 2.19. The Morgan fingerprint density at radius 1 is 1.57 bits per heavy atom. The first-order valence-corrected chi connectivity index (χ1v) is 4.20. The maximum atomic E-state index is 10.9. The zero-order valence-corrected chi connectivity index (χ0v) is 7.95. The SMILES string of the molecule is C=Cc1cc(C)cc(C(=O)O)c1CO. The highest BCUT2D eigenvalue weighted by molar-refractivity contribution is 5.91. The second kappa shape index (κ2) is 4.07. The van der Waals surface area contributed by atoms with Gasteiger partial charge in [-0.3, -0.25) is 0 Å². The molecule has 0 spiro atoms. The summed E-state index contributed by atoms with van der Waals surface area (Å²) in [6, 6.07) is 3.34. The number of hydrogen-bond donors (Lipinski definition) is 2. The molecule has 3 heteroatoms. The number of carboxylic acid groups (broad SMARTS) is 1. The third-order valence-corrected chi connectivity index (χ3v) is 2.04. The van der Waals surface area contributed by atoms with E-state index in [2.05, 4.69) is 6.58 Å². The molecule has 0 heterocycles. The summed E-state index contributed by atoms with van der Waals surface area (Å²) in [5, 5.41) is 18.0. The highest BCUT2D eigenvalue weighted by atomic mass is 16.4. The lowest BCUT2D eigenvalue weighted by molar-refractivity contribution is 0.0693. The van der Waals surface area contributed by atoms with Crippen molar-refractivity contribution in [2.24, 2.45) is 0 Å². The summed E-state index contributed by atoms with van der Waals surface area (Å²) in [6.45, 7) is 5.09. The molecule has 3 nitrogen and oxygen atoms in total. The van der Waals surface area contributed by atoms with Crippen LogP contribution in [0.1, 0.15) is 27.0 Å². The van der Waals surface area contributed by atoms with Crippen molar-refractivity contribution in [1.29, 1.82) is 0 Å². The van der Waals surface area contributed by atoms with Gasteiger partial charge in [-0.25, -0.2) is 4.79 Å². The van der Waals surface area contributed by atoms with Gasteiger partial charge in [-0.15, -0.1) is 0 Å². The van der Waals surface area contributed by atoms with Gasteiger partial charge in [0.15, 0.2) is 0 Å². The van der Waals surface area contributed by atoms with Crippen LogP contribution >= 0.6 is 0 Å². The predicted octanol–water partition coefficient (Wildman–Crippen LogP) is 1.83. The quantitative estimate of drug-likeness (QED) is 0.768. The van der Waals surface area contributed by atoms with E-state index in [1.54, 1.807) is 25.1 Å². The van der Waals surface area contributed by atoms with Crippen molar-refractivity contribution in [2.45, 2.75) is 13.5 Å². The van der Waals surface area contributed by atoms with Gasteiger partial charge >= 0.3 is 5.97 Å². The summed E-state index contributed by atoms with van der Waals surface area (Å²) in [5.41, 5.74) is 2.07. The monoisotopic (exact) mass is 192 g/mol. The standard InChI is InChI=1S/C11H12O3/c1-3-8-4-7(2)5-9(11(13)14)10(8)6-12/h3-5,12H,1,6H2,2H3,(H,13,14). The number of rotatable bonds is 3. The Bertz CT molecular complexity index is 380. The molecule has 0 aliphatic heterocycles. The van der Waals surface area contributed by atoms with Gasteiger partial charge in [0, 0.05) is 0 Å². The van der Waals surface area contributed by atoms with Crippen LogP contribution in [0.4, 0.5) is 0 Å². The Balaban J connectivity index is 3.46. The Kier molecular flexibility index (Phi) is 3.04. The molecule has 0 fully saturated rings. The molecule has 1 rings (SSSR count). The predicted molar refractivity (Wildman–Crippen MR) is 54.2 cm³/mol. The largest absolute Gasteiger partial charge is 0.478 e. The number of benzene rings is 1. The molecule has 0 aliphatic rings. The average molecular weight is 192 g/mol. The van der Waals surface area contributed by atoms with E-state index >= 15 is 0 Å². The maximum Gasteiger partial charge on any atom is 0.336 e. The number of aliphatic hydroxyl groups is 1. The van der Waals surface area contributed by atoms with E-state index in [-0.39, 0.29) is 12.2 Å². The molecule has 0 saturated heterocycles. The number of carbonyl (C=O) groups is 1. The molecular formula is C11H12O3. The fourth-order valence-corrected chi connectivity index (χ4v) is 1.39. The van der Waals surface area contributed by atoms with E-state index in [1.807, 2.05) is 0 Å². The zero-order chi connectivity index (χ0) is 10.7. The Morgan fingerprint density at radius 2 is 2.21 bits per heavy atom. The van der Waals surface area contributed by atoms with E-state index in [0.717, 1.165) is 5.56 Å². The Morgan fingerprint density at radius 3 is 2.64 bits per heavy atom. The molecule has 0 radical (unpaired) electrons. The lowest BCUT2D eigenvalue weighted by Gasteiger charge is -2.08. The molecule has 0 amide bonds. The molecule has 74 valence electrons. The topological polar surface area (TPSA) is 57.5 Å². The van der Waals surface area contributed by atoms with E-state index in [1.165, 1.54) is 0 Å². The van der Waals surface area contributed by atoms with Gasteiger partial charge in [-0.1, -0.05) is 18.7 Å². The molecular weight excluding hydrogens is 180 g/mol. The van der Waals surface area contributed by atoms with Crippen molar-refractivity contribution >= 4 is 12.0 Å². The van der Waals surface area contributed by atoms with E-state index in [0.29, 0.717) is 11.1 Å². The summed E-state index contributed by atoms with van der Waals surface area (Å²) >= 11 is 0. The summed E-state index contributed by atoms with van der Waals surface area (Å²) in [5.74, 6) is -1.03. The number of aliphatic hydroxyl groups excluding tert-OH is 1. The first kappa shape index (κ1) is 10.5. The van der Waals surface area contributed by atoms with Gasteiger partial charge in [0.05, 0.1) is 12.2 Å². The van der Waals surface area contributed by atoms with Crippen molar-refractivity contribution in [2.75, 3.05) is 0 Å². The van der Waals surface area contributed by atoms with Crippen LogP contribution in [-0.2, 0) is 6.61 Å². The van der Waals surface area contributed by atoms with Crippen LogP contribution < -0.4 is 0 Å². The smallest absolute Gasteiger partial charge is 0.336 e. The molecule has 2 N–H and O–H groups in total. The van der Waals surface area contributed by atoms with Crippen molar-refractivity contribution in [3.63, 3.8) is 0 Å². The van der Waals surface area contributed by atoms with Crippen molar-refractivity contribution in [3.05, 3.63) is 41.0 Å². The third-order valence-electron chi connectivity index (χ3n) is 2.04. The average Bonchev–Trinajstić information content (AvgIpc) is 2.16. The van der Waals surface area contributed by atoms with Gasteiger partial charge in [-0.05, 0) is 29.7 Å². The highest BCUT2D eigenvalue weighted by Gasteiger charge is 2.12. The van der Waals surface area contributed by atoms with Crippen LogP contribution in [0, 0.1) is 6.92 Å². The van der Waals surface area contributed by atoms with E-state index in [4.69, 9.17) is 10.2 Å². The van der Waals surface area contributed by atoms with Gasteiger partial charge in [0.1, 0.15) is 0 Å². The van der Waals surface area contributed by atoms with Crippen LogP contribution in [0.25, 0.3) is 6.08 Å². The van der Waals surface area contributed by atoms with Crippen LogP contribution in [0.2, 0.25) is 0 Å². The van der Waals surface area contributed by atoms with E-state index < -0.39 is 5.97 Å². The Hall–Kier alpha value is -1.61. The van der Waals surface area contributed by atoms with Crippen LogP contribution in [0.5, 0.6) is 0 Å². The number of aryl methyl sites for hydroxylation is 1. The van der Waals surface area contributed by atoms with Gasteiger partial charge in [-0.2, -0.15) is 0 Å². The van der Waals surface area contributed by atoms with Crippen molar-refractivity contribution in [1.82, 2.24) is 0 Å². The third kappa shape index (κ3) is 1.83.